The Bertz CT molecular complexity index is 946. The lowest BCUT2D eigenvalue weighted by Gasteiger charge is -2.26. The summed E-state index contributed by atoms with van der Waals surface area (Å²) in [6, 6.07) is 0. The lowest BCUT2D eigenvalue weighted by Crippen LogP contribution is -2.42. The third-order valence-corrected chi connectivity index (χ3v) is 4.38. The topological polar surface area (TPSA) is 291 Å². The van der Waals surface area contributed by atoms with Gasteiger partial charge in [0.25, 0.3) is 23.6 Å². The maximum absolute atomic E-state index is 12.2. The van der Waals surface area contributed by atoms with Crippen LogP contribution in [0.3, 0.4) is 0 Å². The second kappa shape index (κ2) is 20.0. The number of esters is 4. The van der Waals surface area contributed by atoms with Crippen LogP contribution in [0, 0.1) is 19.6 Å². The smallest absolute Gasteiger partial charge is 0.306 e. The Hall–Kier alpha value is -5.04. The number of hydrogen-bond donors (Lipinski definition) is 0. The summed E-state index contributed by atoms with van der Waals surface area (Å²) in [6.45, 7) is -1.82. The van der Waals surface area contributed by atoms with Gasteiger partial charge in [0.1, 0.15) is 13.2 Å². The van der Waals surface area contributed by atoms with Gasteiger partial charge in [0.05, 0.1) is 25.7 Å². The molecule has 2 atom stereocenters. The van der Waals surface area contributed by atoms with Crippen LogP contribution in [0.1, 0.15) is 51.4 Å². The minimum absolute atomic E-state index is 0.628. The van der Waals surface area contributed by atoms with Crippen LogP contribution in [0.2, 0.25) is 0 Å². The van der Waals surface area contributed by atoms with E-state index < -0.39 is 124 Å². The van der Waals surface area contributed by atoms with Crippen molar-refractivity contribution in [3.05, 3.63) is 19.6 Å². The van der Waals surface area contributed by atoms with Crippen molar-refractivity contribution >= 4 is 47.5 Å². The molecule has 0 aliphatic rings. The molecule has 0 aliphatic heterocycles. The van der Waals surface area contributed by atoms with Gasteiger partial charge in [-0.05, 0) is 0 Å². The molecule has 4 amide bonds. The third kappa shape index (κ3) is 16.7. The van der Waals surface area contributed by atoms with Crippen LogP contribution in [0.4, 0.5) is 0 Å². The predicted molar refractivity (Wildman–Crippen MR) is 122 cm³/mol. The van der Waals surface area contributed by atoms with Gasteiger partial charge in [0, 0.05) is 46.4 Å². The highest BCUT2D eigenvalue weighted by molar-refractivity contribution is 5.83. The van der Waals surface area contributed by atoms with Crippen molar-refractivity contribution in [1.29, 1.82) is 0 Å². The van der Waals surface area contributed by atoms with E-state index in [0.29, 0.717) is 0 Å². The molecule has 0 aromatic rings. The summed E-state index contributed by atoms with van der Waals surface area (Å²) in [5.41, 5.74) is 0. The van der Waals surface area contributed by atoms with Crippen molar-refractivity contribution < 1.29 is 57.3 Å². The molecule has 20 nitrogen and oxygen atoms in total. The minimum atomic E-state index is -1.77. The largest absolute Gasteiger partial charge is 0.462 e. The summed E-state index contributed by atoms with van der Waals surface area (Å²) >= 11 is 0. The Morgan fingerprint density at radius 2 is 0.650 bits per heavy atom. The van der Waals surface area contributed by atoms with E-state index in [4.69, 9.17) is 18.9 Å². The number of carbonyl (C=O) groups excluding carboxylic acids is 8. The maximum Gasteiger partial charge on any atom is 0.306 e. The number of nitroso groups, excluding NO2 is 4. The molecule has 0 aliphatic carbocycles. The van der Waals surface area contributed by atoms with Crippen molar-refractivity contribution in [2.45, 2.75) is 63.6 Å². The molecule has 0 fully saturated rings. The highest BCUT2D eigenvalue weighted by Gasteiger charge is 2.32. The molecule has 0 aromatic carbocycles. The van der Waals surface area contributed by atoms with Gasteiger partial charge in [0.15, 0.2) is 12.2 Å². The van der Waals surface area contributed by atoms with E-state index in [-0.39, 0.29) is 0 Å². The highest BCUT2D eigenvalue weighted by Crippen LogP contribution is 2.13. The van der Waals surface area contributed by atoms with E-state index in [2.05, 4.69) is 20.7 Å². The molecule has 0 spiro atoms. The molecule has 218 valence electrons. The average molecular weight is 574 g/mol. The summed E-state index contributed by atoms with van der Waals surface area (Å²) < 4.78 is 19.8. The maximum atomic E-state index is 12.2. The Morgan fingerprint density at radius 1 is 0.400 bits per heavy atom. The Balaban J connectivity index is 5.73. The second-order valence-corrected chi connectivity index (χ2v) is 7.36. The zero-order chi connectivity index (χ0) is 30.5. The van der Waals surface area contributed by atoms with Crippen LogP contribution >= 0.6 is 0 Å². The molecule has 0 radical (unpaired) electrons. The number of nitrogens with zero attached hydrogens (tertiary/aromatic N) is 4. The molecule has 0 aromatic heterocycles. The number of ether oxygens (including phenoxy) is 4. The first kappa shape index (κ1) is 35.0. The van der Waals surface area contributed by atoms with Crippen LogP contribution in [0.15, 0.2) is 20.7 Å². The van der Waals surface area contributed by atoms with Gasteiger partial charge in [-0.15, -0.1) is 19.6 Å². The molecule has 2 unspecified atom stereocenters. The quantitative estimate of drug-likeness (QED) is 0.113. The lowest BCUT2D eigenvalue weighted by atomic mass is 10.2. The molecule has 20 heteroatoms. The summed E-state index contributed by atoms with van der Waals surface area (Å²) in [6.07, 6.45) is -8.87. The summed E-state index contributed by atoms with van der Waals surface area (Å²) in [4.78, 5) is 133. The van der Waals surface area contributed by atoms with Crippen LogP contribution in [-0.2, 0) is 57.3 Å². The number of rotatable bonds is 19. The Kier molecular flexibility index (Phi) is 17.5. The highest BCUT2D eigenvalue weighted by atomic mass is 16.6. The fourth-order valence-electron chi connectivity index (χ4n) is 2.40. The molecular weight excluding hydrogens is 552 g/mol. The predicted octanol–water partition coefficient (Wildman–Crippen LogP) is 0.189. The normalized spacial score (nSPS) is 11.5. The molecule has 0 bridgehead atoms. The third-order valence-electron chi connectivity index (χ3n) is 4.38. The van der Waals surface area contributed by atoms with E-state index in [1.54, 1.807) is 0 Å². The fraction of sp³-hybridized carbons (Fsp3) is 0.600. The zero-order valence-corrected chi connectivity index (χ0v) is 20.5. The first-order chi connectivity index (χ1) is 18.9. The molecule has 0 N–H and O–H groups in total. The SMILES string of the molecule is O=NC(=O)CCC(=O)OCC(OC(=O)CCC(=O)N=O)C(COC(=O)CCC(=O)N=O)OC(=O)CCC(=O)N=O. The van der Waals surface area contributed by atoms with Gasteiger partial charge in [-0.2, -0.15) is 0 Å². The van der Waals surface area contributed by atoms with E-state index in [0.717, 1.165) is 0 Å². The van der Waals surface area contributed by atoms with Crippen LogP contribution in [0.5, 0.6) is 0 Å². The molecule has 0 rings (SSSR count). The first-order valence-corrected chi connectivity index (χ1v) is 11.1. The average Bonchev–Trinajstić information content (AvgIpc) is 2.95. The number of amides is 4. The van der Waals surface area contributed by atoms with E-state index in [9.17, 15) is 58.0 Å². The molecular formula is C20H22N4O16. The van der Waals surface area contributed by atoms with Crippen molar-refractivity contribution in [3.8, 4) is 0 Å². The minimum Gasteiger partial charge on any atom is -0.462 e. The van der Waals surface area contributed by atoms with Crippen molar-refractivity contribution in [2.75, 3.05) is 13.2 Å². The first-order valence-electron chi connectivity index (χ1n) is 11.1. The van der Waals surface area contributed by atoms with Crippen LogP contribution in [-0.4, -0.2) is 72.9 Å². The molecule has 0 saturated carbocycles. The van der Waals surface area contributed by atoms with Gasteiger partial charge in [-0.3, -0.25) is 38.4 Å². The van der Waals surface area contributed by atoms with Crippen molar-refractivity contribution in [3.63, 3.8) is 0 Å². The number of hydrogen-bond acceptors (Lipinski definition) is 16. The van der Waals surface area contributed by atoms with Gasteiger partial charge in [0.2, 0.25) is 0 Å². The zero-order valence-electron chi connectivity index (χ0n) is 20.5. The molecule has 0 saturated heterocycles. The summed E-state index contributed by atoms with van der Waals surface area (Å²) in [7, 11) is 0. The van der Waals surface area contributed by atoms with Gasteiger partial charge in [-0.25, -0.2) is 0 Å². The Morgan fingerprint density at radius 3 is 0.900 bits per heavy atom. The molecule has 0 heterocycles. The monoisotopic (exact) mass is 574 g/mol. The van der Waals surface area contributed by atoms with Gasteiger partial charge < -0.3 is 18.9 Å². The Labute approximate surface area is 222 Å². The van der Waals surface area contributed by atoms with Crippen molar-refractivity contribution in [1.82, 2.24) is 0 Å². The lowest BCUT2D eigenvalue weighted by molar-refractivity contribution is -0.183. The van der Waals surface area contributed by atoms with Crippen LogP contribution in [0.25, 0.3) is 0 Å². The summed E-state index contributed by atoms with van der Waals surface area (Å²) in [5.74, 6) is -9.38. The van der Waals surface area contributed by atoms with Crippen LogP contribution < -0.4 is 0 Å². The molecule has 40 heavy (non-hydrogen) atoms. The fourth-order valence-corrected chi connectivity index (χ4v) is 2.40. The van der Waals surface area contributed by atoms with E-state index in [1.165, 1.54) is 0 Å². The standard InChI is InChI=1S/C20H22N4O16/c25-13(21-33)1-5-17(29)37-9-11(39-19(31)7-3-15(27)23-35)12(40-20(32)8-4-16(28)24-36)10-38-18(30)6-2-14(26)22-34/h11-12H,1-10H2. The van der Waals surface area contributed by atoms with Crippen molar-refractivity contribution in [2.24, 2.45) is 20.7 Å². The van der Waals surface area contributed by atoms with Gasteiger partial charge in [-0.1, -0.05) is 0 Å². The number of carbonyl (C=O) groups is 8. The summed E-state index contributed by atoms with van der Waals surface area (Å²) in [5, 5.41) is 8.33. The second-order valence-electron chi connectivity index (χ2n) is 7.36. The van der Waals surface area contributed by atoms with E-state index >= 15 is 0 Å². The van der Waals surface area contributed by atoms with Gasteiger partial charge >= 0.3 is 23.9 Å². The van der Waals surface area contributed by atoms with E-state index in [1.807, 2.05) is 0 Å².